The minimum atomic E-state index is -0.132. The summed E-state index contributed by atoms with van der Waals surface area (Å²) in [6.45, 7) is 0. The average Bonchev–Trinajstić information content (AvgIpc) is 2.44. The van der Waals surface area contributed by atoms with Crippen molar-refractivity contribution in [3.8, 4) is 0 Å². The van der Waals surface area contributed by atoms with Gasteiger partial charge in [0.2, 0.25) is 5.91 Å². The Hall–Kier alpha value is -1.36. The van der Waals surface area contributed by atoms with Crippen molar-refractivity contribution in [1.82, 2.24) is 0 Å². The maximum absolute atomic E-state index is 11.9. The standard InChI is InChI=1S/C15H14Cl2N2OS/c16-12-8-10(18)9-13(17)15(12)19-14(20)6-7-21-11-4-2-1-3-5-11/h1-5,8-9H,6-7,18H2,(H,19,20). The number of carbonyl (C=O) groups excluding carboxylic acids is 1. The molecule has 0 aliphatic rings. The van der Waals surface area contributed by atoms with E-state index >= 15 is 0 Å². The highest BCUT2D eigenvalue weighted by Gasteiger charge is 2.11. The minimum absolute atomic E-state index is 0.132. The number of nitrogens with one attached hydrogen (secondary N) is 1. The third-order valence-corrected chi connectivity index (χ3v) is 4.28. The fraction of sp³-hybridized carbons (Fsp3) is 0.133. The molecular formula is C15H14Cl2N2OS. The fourth-order valence-electron chi connectivity index (χ4n) is 1.69. The Labute approximate surface area is 137 Å². The molecule has 0 saturated carbocycles. The number of thioether (sulfide) groups is 1. The Morgan fingerprint density at radius 1 is 1.14 bits per heavy atom. The molecule has 0 saturated heterocycles. The number of nitrogen functional groups attached to an aromatic ring is 1. The number of hydrogen-bond acceptors (Lipinski definition) is 3. The van der Waals surface area contributed by atoms with Gasteiger partial charge in [-0.1, -0.05) is 41.4 Å². The molecular weight excluding hydrogens is 327 g/mol. The Morgan fingerprint density at radius 2 is 1.76 bits per heavy atom. The predicted octanol–water partition coefficient (Wildman–Crippen LogP) is 4.70. The number of halogens is 2. The van der Waals surface area contributed by atoms with Gasteiger partial charge in [0.05, 0.1) is 15.7 Å². The first-order valence-electron chi connectivity index (χ1n) is 6.28. The predicted molar refractivity (Wildman–Crippen MR) is 91.3 cm³/mol. The van der Waals surface area contributed by atoms with Crippen molar-refractivity contribution < 1.29 is 4.79 Å². The van der Waals surface area contributed by atoms with Gasteiger partial charge >= 0.3 is 0 Å². The zero-order valence-corrected chi connectivity index (χ0v) is 13.4. The summed E-state index contributed by atoms with van der Waals surface area (Å²) < 4.78 is 0. The van der Waals surface area contributed by atoms with Crippen molar-refractivity contribution in [2.75, 3.05) is 16.8 Å². The van der Waals surface area contributed by atoms with Crippen LogP contribution in [0.5, 0.6) is 0 Å². The number of hydrogen-bond donors (Lipinski definition) is 2. The molecule has 110 valence electrons. The summed E-state index contributed by atoms with van der Waals surface area (Å²) in [5.74, 6) is 0.548. The molecule has 6 heteroatoms. The molecule has 0 atom stereocenters. The van der Waals surface area contributed by atoms with E-state index in [9.17, 15) is 4.79 Å². The summed E-state index contributed by atoms with van der Waals surface area (Å²) in [7, 11) is 0. The van der Waals surface area contributed by atoms with E-state index in [-0.39, 0.29) is 5.91 Å². The highest BCUT2D eigenvalue weighted by molar-refractivity contribution is 7.99. The van der Waals surface area contributed by atoms with Crippen LogP contribution in [0.15, 0.2) is 47.4 Å². The molecule has 0 unspecified atom stereocenters. The number of rotatable bonds is 5. The van der Waals surface area contributed by atoms with Gasteiger partial charge in [-0.25, -0.2) is 0 Å². The van der Waals surface area contributed by atoms with Crippen molar-refractivity contribution in [3.63, 3.8) is 0 Å². The van der Waals surface area contributed by atoms with Gasteiger partial charge in [-0.15, -0.1) is 11.8 Å². The second-order valence-corrected chi connectivity index (χ2v) is 6.30. The third-order valence-electron chi connectivity index (χ3n) is 2.67. The van der Waals surface area contributed by atoms with Crippen LogP contribution in [0.25, 0.3) is 0 Å². The van der Waals surface area contributed by atoms with E-state index < -0.39 is 0 Å². The highest BCUT2D eigenvalue weighted by Crippen LogP contribution is 2.33. The van der Waals surface area contributed by atoms with E-state index in [1.807, 2.05) is 30.3 Å². The van der Waals surface area contributed by atoms with Gasteiger partial charge in [0, 0.05) is 22.8 Å². The Morgan fingerprint density at radius 3 is 2.38 bits per heavy atom. The van der Waals surface area contributed by atoms with Gasteiger partial charge in [0.1, 0.15) is 0 Å². The zero-order valence-electron chi connectivity index (χ0n) is 11.1. The molecule has 0 aromatic heterocycles. The lowest BCUT2D eigenvalue weighted by Crippen LogP contribution is -2.13. The summed E-state index contributed by atoms with van der Waals surface area (Å²) >= 11 is 13.7. The van der Waals surface area contributed by atoms with E-state index in [1.165, 1.54) is 0 Å². The summed E-state index contributed by atoms with van der Waals surface area (Å²) in [5, 5.41) is 3.39. The molecule has 21 heavy (non-hydrogen) atoms. The molecule has 0 heterocycles. The first-order valence-corrected chi connectivity index (χ1v) is 8.02. The summed E-state index contributed by atoms with van der Waals surface area (Å²) in [5.41, 5.74) is 6.48. The first kappa shape index (κ1) is 16.0. The van der Waals surface area contributed by atoms with E-state index in [1.54, 1.807) is 23.9 Å². The molecule has 3 N–H and O–H groups in total. The van der Waals surface area contributed by atoms with Crippen LogP contribution in [-0.2, 0) is 4.79 Å². The van der Waals surface area contributed by atoms with Crippen LogP contribution in [0.1, 0.15) is 6.42 Å². The maximum atomic E-state index is 11.9. The van der Waals surface area contributed by atoms with Crippen molar-refractivity contribution in [1.29, 1.82) is 0 Å². The molecule has 3 nitrogen and oxygen atoms in total. The van der Waals surface area contributed by atoms with Gasteiger partial charge in [0.25, 0.3) is 0 Å². The van der Waals surface area contributed by atoms with Gasteiger partial charge in [-0.3, -0.25) is 4.79 Å². The number of anilines is 2. The van der Waals surface area contributed by atoms with Crippen LogP contribution in [-0.4, -0.2) is 11.7 Å². The van der Waals surface area contributed by atoms with Crippen LogP contribution in [0, 0.1) is 0 Å². The first-order chi connectivity index (χ1) is 10.1. The number of benzene rings is 2. The quantitative estimate of drug-likeness (QED) is 0.612. The van der Waals surface area contributed by atoms with Gasteiger partial charge in [-0.2, -0.15) is 0 Å². The lowest BCUT2D eigenvalue weighted by molar-refractivity contribution is -0.115. The molecule has 2 aromatic rings. The van der Waals surface area contributed by atoms with E-state index in [4.69, 9.17) is 28.9 Å². The van der Waals surface area contributed by atoms with Crippen LogP contribution in [0.4, 0.5) is 11.4 Å². The number of nitrogens with two attached hydrogens (primary N) is 1. The normalized spacial score (nSPS) is 10.4. The lowest BCUT2D eigenvalue weighted by atomic mass is 10.2. The van der Waals surface area contributed by atoms with Gasteiger partial charge < -0.3 is 11.1 Å². The van der Waals surface area contributed by atoms with E-state index in [0.29, 0.717) is 33.6 Å². The van der Waals surface area contributed by atoms with Crippen molar-refractivity contribution in [3.05, 3.63) is 52.5 Å². The number of carbonyl (C=O) groups is 1. The smallest absolute Gasteiger partial charge is 0.225 e. The van der Waals surface area contributed by atoms with Crippen LogP contribution < -0.4 is 11.1 Å². The van der Waals surface area contributed by atoms with Crippen LogP contribution in [0.2, 0.25) is 10.0 Å². The Balaban J connectivity index is 1.88. The van der Waals surface area contributed by atoms with Gasteiger partial charge in [0.15, 0.2) is 0 Å². The van der Waals surface area contributed by atoms with E-state index in [2.05, 4.69) is 5.32 Å². The SMILES string of the molecule is Nc1cc(Cl)c(NC(=O)CCSc2ccccc2)c(Cl)c1. The lowest BCUT2D eigenvalue weighted by Gasteiger charge is -2.10. The molecule has 0 fully saturated rings. The molecule has 0 aliphatic carbocycles. The molecule has 0 aliphatic heterocycles. The van der Waals surface area contributed by atoms with Crippen molar-refractivity contribution in [2.45, 2.75) is 11.3 Å². The molecule has 0 spiro atoms. The summed E-state index contributed by atoms with van der Waals surface area (Å²) in [6, 6.07) is 13.0. The Bertz CT molecular complexity index is 612. The summed E-state index contributed by atoms with van der Waals surface area (Å²) in [6.07, 6.45) is 0.372. The maximum Gasteiger partial charge on any atom is 0.225 e. The van der Waals surface area contributed by atoms with Crippen molar-refractivity contribution in [2.24, 2.45) is 0 Å². The van der Waals surface area contributed by atoms with Crippen LogP contribution in [0.3, 0.4) is 0 Å². The molecule has 2 aromatic carbocycles. The zero-order chi connectivity index (χ0) is 15.2. The topological polar surface area (TPSA) is 55.1 Å². The number of amides is 1. The monoisotopic (exact) mass is 340 g/mol. The highest BCUT2D eigenvalue weighted by atomic mass is 35.5. The second kappa shape index (κ2) is 7.59. The molecule has 0 bridgehead atoms. The molecule has 0 radical (unpaired) electrons. The van der Waals surface area contributed by atoms with Crippen molar-refractivity contribution >= 4 is 52.2 Å². The average molecular weight is 341 g/mol. The largest absolute Gasteiger partial charge is 0.399 e. The Kier molecular flexibility index (Phi) is 5.79. The third kappa shape index (κ3) is 4.84. The van der Waals surface area contributed by atoms with Gasteiger partial charge in [-0.05, 0) is 24.3 Å². The van der Waals surface area contributed by atoms with Crippen LogP contribution >= 0.6 is 35.0 Å². The summed E-state index contributed by atoms with van der Waals surface area (Å²) in [4.78, 5) is 13.1. The second-order valence-electron chi connectivity index (χ2n) is 4.32. The minimum Gasteiger partial charge on any atom is -0.399 e. The van der Waals surface area contributed by atoms with E-state index in [0.717, 1.165) is 4.90 Å². The molecule has 2 rings (SSSR count). The fourth-order valence-corrected chi connectivity index (χ4v) is 3.16. The molecule has 1 amide bonds.